The van der Waals surface area contributed by atoms with E-state index in [1.807, 2.05) is 0 Å². The number of rotatable bonds is 7. The first-order valence-electron chi connectivity index (χ1n) is 10.2. The van der Waals surface area contributed by atoms with Crippen molar-refractivity contribution in [1.82, 2.24) is 15.5 Å². The zero-order valence-electron chi connectivity index (χ0n) is 17.4. The van der Waals surface area contributed by atoms with Gasteiger partial charge in [0.05, 0.1) is 29.7 Å². The maximum atomic E-state index is 12.8. The highest BCUT2D eigenvalue weighted by molar-refractivity contribution is 6.33. The zero-order chi connectivity index (χ0) is 22.5. The van der Waals surface area contributed by atoms with Gasteiger partial charge in [0.1, 0.15) is 12.1 Å². The van der Waals surface area contributed by atoms with Gasteiger partial charge in [-0.25, -0.2) is 0 Å². The lowest BCUT2D eigenvalue weighted by molar-refractivity contribution is -0.173. The second-order valence-electron chi connectivity index (χ2n) is 7.77. The molecule has 10 heteroatoms. The fourth-order valence-corrected chi connectivity index (χ4v) is 3.88. The van der Waals surface area contributed by atoms with Crippen LogP contribution in [0.1, 0.15) is 43.5 Å². The molecule has 0 bridgehead atoms. The molecule has 0 aromatic heterocycles. The Kier molecular flexibility index (Phi) is 7.50. The van der Waals surface area contributed by atoms with Crippen molar-refractivity contribution in [3.63, 3.8) is 0 Å². The van der Waals surface area contributed by atoms with E-state index in [0.29, 0.717) is 19.4 Å². The number of amides is 3. The van der Waals surface area contributed by atoms with E-state index in [0.717, 1.165) is 0 Å². The fraction of sp³-hybridized carbons (Fsp3) is 0.524. The Bertz CT molecular complexity index is 861. The van der Waals surface area contributed by atoms with Crippen LogP contribution in [0.2, 0.25) is 5.02 Å². The number of carbonyl (C=O) groups is 4. The van der Waals surface area contributed by atoms with E-state index < -0.39 is 30.3 Å². The number of halogens is 1. The number of carbonyl (C=O) groups excluding carboxylic acids is 4. The van der Waals surface area contributed by atoms with Gasteiger partial charge in [-0.3, -0.25) is 19.2 Å². The molecule has 31 heavy (non-hydrogen) atoms. The first kappa shape index (κ1) is 23.0. The van der Waals surface area contributed by atoms with E-state index in [9.17, 15) is 19.2 Å². The van der Waals surface area contributed by atoms with Crippen molar-refractivity contribution in [2.75, 3.05) is 13.1 Å². The van der Waals surface area contributed by atoms with Gasteiger partial charge in [0.15, 0.2) is 0 Å². The van der Waals surface area contributed by atoms with Crippen LogP contribution in [0.3, 0.4) is 0 Å². The van der Waals surface area contributed by atoms with Crippen LogP contribution in [0.5, 0.6) is 0 Å². The average Bonchev–Trinajstić information content (AvgIpc) is 3.32. The molecule has 168 valence electrons. The summed E-state index contributed by atoms with van der Waals surface area (Å²) >= 11 is 6.01. The topological polar surface area (TPSA) is 114 Å². The minimum atomic E-state index is -0.850. The normalized spacial score (nSPS) is 23.0. The van der Waals surface area contributed by atoms with Gasteiger partial charge in [0.25, 0.3) is 5.91 Å². The number of nitrogens with zero attached hydrogens (tertiary/aromatic N) is 1. The van der Waals surface area contributed by atoms with Crippen LogP contribution >= 0.6 is 11.6 Å². The van der Waals surface area contributed by atoms with E-state index >= 15 is 0 Å². The second-order valence-corrected chi connectivity index (χ2v) is 8.18. The van der Waals surface area contributed by atoms with Crippen molar-refractivity contribution in [3.8, 4) is 0 Å². The van der Waals surface area contributed by atoms with Crippen LogP contribution in [0.4, 0.5) is 0 Å². The van der Waals surface area contributed by atoms with Crippen molar-refractivity contribution in [2.45, 2.75) is 57.6 Å². The molecular weight excluding hydrogens is 426 g/mol. The highest BCUT2D eigenvalue weighted by atomic mass is 35.5. The summed E-state index contributed by atoms with van der Waals surface area (Å²) in [6.07, 6.45) is 0.137. The van der Waals surface area contributed by atoms with E-state index in [2.05, 4.69) is 10.6 Å². The van der Waals surface area contributed by atoms with Crippen molar-refractivity contribution >= 4 is 35.3 Å². The van der Waals surface area contributed by atoms with E-state index in [4.69, 9.17) is 21.1 Å². The summed E-state index contributed by atoms with van der Waals surface area (Å²) in [5, 5.41) is 5.62. The third-order valence-corrected chi connectivity index (χ3v) is 5.42. The molecule has 1 aromatic carbocycles. The number of cyclic esters (lactones) is 1. The number of ether oxygens (including phenoxy) is 2. The molecule has 2 fully saturated rings. The Morgan fingerprint density at radius 1 is 1.29 bits per heavy atom. The Hall–Kier alpha value is -2.65. The molecule has 0 spiro atoms. The first-order valence-corrected chi connectivity index (χ1v) is 10.6. The number of benzene rings is 1. The summed E-state index contributed by atoms with van der Waals surface area (Å²) in [5.41, 5.74) is 0.273. The summed E-state index contributed by atoms with van der Waals surface area (Å²) in [7, 11) is 0. The maximum Gasteiger partial charge on any atom is 0.310 e. The van der Waals surface area contributed by atoms with Crippen molar-refractivity contribution in [1.29, 1.82) is 0 Å². The number of esters is 1. The molecule has 1 aromatic rings. The minimum absolute atomic E-state index is 0.0116. The van der Waals surface area contributed by atoms with Crippen molar-refractivity contribution in [2.24, 2.45) is 0 Å². The standard InChI is InChI=1S/C21H26ClN3O6/c1-12(2)30-21-15(10-18(27)31-21)24-20(29)16-8-5-9-25(16)17(26)11-23-19(28)13-6-3-4-7-14(13)22/h3-4,6-7,12,15-16,21H,5,8-11H2,1-2H3,(H,23,28)(H,24,29)/t15-,16-,21-/m0/s1. The average molecular weight is 452 g/mol. The van der Waals surface area contributed by atoms with Crippen molar-refractivity contribution in [3.05, 3.63) is 34.9 Å². The first-order chi connectivity index (χ1) is 14.8. The van der Waals surface area contributed by atoms with Gasteiger partial charge in [0, 0.05) is 6.54 Å². The minimum Gasteiger partial charge on any atom is -0.433 e. The van der Waals surface area contributed by atoms with Crippen LogP contribution in [-0.4, -0.2) is 66.2 Å². The molecule has 3 atom stereocenters. The molecule has 3 rings (SSSR count). The van der Waals surface area contributed by atoms with Gasteiger partial charge in [-0.15, -0.1) is 0 Å². The Morgan fingerprint density at radius 3 is 2.74 bits per heavy atom. The lowest BCUT2D eigenvalue weighted by Crippen LogP contribution is -2.52. The quantitative estimate of drug-likeness (QED) is 0.603. The predicted octanol–water partition coefficient (Wildman–Crippen LogP) is 1.24. The van der Waals surface area contributed by atoms with Gasteiger partial charge in [-0.2, -0.15) is 0 Å². The fourth-order valence-electron chi connectivity index (χ4n) is 3.66. The third-order valence-electron chi connectivity index (χ3n) is 5.09. The molecule has 0 saturated carbocycles. The smallest absolute Gasteiger partial charge is 0.310 e. The SMILES string of the molecule is CC(C)O[C@H]1OC(=O)C[C@@H]1NC(=O)[C@@H]1CCCN1C(=O)CNC(=O)c1ccccc1Cl. The lowest BCUT2D eigenvalue weighted by atomic mass is 10.1. The largest absolute Gasteiger partial charge is 0.433 e. The Balaban J connectivity index is 1.56. The maximum absolute atomic E-state index is 12.8. The van der Waals surface area contributed by atoms with E-state index in [1.54, 1.807) is 38.1 Å². The summed E-state index contributed by atoms with van der Waals surface area (Å²) < 4.78 is 10.7. The number of hydrogen-bond acceptors (Lipinski definition) is 6. The molecular formula is C21H26ClN3O6. The number of likely N-dealkylation sites (tertiary alicyclic amines) is 1. The number of nitrogens with one attached hydrogen (secondary N) is 2. The molecule has 2 N–H and O–H groups in total. The van der Waals surface area contributed by atoms with Crippen LogP contribution in [-0.2, 0) is 23.9 Å². The molecule has 9 nitrogen and oxygen atoms in total. The molecule has 2 saturated heterocycles. The molecule has 2 heterocycles. The van der Waals surface area contributed by atoms with Gasteiger partial charge in [-0.05, 0) is 38.8 Å². The summed E-state index contributed by atoms with van der Waals surface area (Å²) in [5.74, 6) is -1.65. The predicted molar refractivity (Wildman–Crippen MR) is 111 cm³/mol. The van der Waals surface area contributed by atoms with Gasteiger partial charge in [0.2, 0.25) is 18.1 Å². The zero-order valence-corrected chi connectivity index (χ0v) is 18.2. The van der Waals surface area contributed by atoms with Gasteiger partial charge < -0.3 is 25.0 Å². The van der Waals surface area contributed by atoms with Crippen LogP contribution in [0.15, 0.2) is 24.3 Å². The molecule has 0 aliphatic carbocycles. The van der Waals surface area contributed by atoms with Gasteiger partial charge in [-0.1, -0.05) is 23.7 Å². The van der Waals surface area contributed by atoms with E-state index in [1.165, 1.54) is 4.90 Å². The van der Waals surface area contributed by atoms with Gasteiger partial charge >= 0.3 is 5.97 Å². The molecule has 0 radical (unpaired) electrons. The third kappa shape index (κ3) is 5.74. The molecule has 3 amide bonds. The monoisotopic (exact) mass is 451 g/mol. The van der Waals surface area contributed by atoms with Crippen LogP contribution in [0.25, 0.3) is 0 Å². The molecule has 2 aliphatic rings. The summed E-state index contributed by atoms with van der Waals surface area (Å²) in [6, 6.07) is 5.25. The lowest BCUT2D eigenvalue weighted by Gasteiger charge is -2.27. The van der Waals surface area contributed by atoms with Crippen molar-refractivity contribution < 1.29 is 28.7 Å². The van der Waals surface area contributed by atoms with Crippen LogP contribution < -0.4 is 10.6 Å². The summed E-state index contributed by atoms with van der Waals surface area (Å²) in [6.45, 7) is 3.77. The summed E-state index contributed by atoms with van der Waals surface area (Å²) in [4.78, 5) is 50.9. The van der Waals surface area contributed by atoms with E-state index in [-0.39, 0.29) is 41.5 Å². The Morgan fingerprint density at radius 2 is 2.03 bits per heavy atom. The highest BCUT2D eigenvalue weighted by Crippen LogP contribution is 2.21. The van der Waals surface area contributed by atoms with Crippen LogP contribution in [0, 0.1) is 0 Å². The molecule has 2 aliphatic heterocycles. The molecule has 0 unspecified atom stereocenters. The number of hydrogen-bond donors (Lipinski definition) is 2. The second kappa shape index (κ2) is 10.1. The Labute approximate surface area is 185 Å². The highest BCUT2D eigenvalue weighted by Gasteiger charge is 2.41.